The molecule has 0 radical (unpaired) electrons. The number of rotatable bonds is 5. The third kappa shape index (κ3) is 3.94. The molecule has 3 aromatic rings. The van der Waals surface area contributed by atoms with Crippen LogP contribution in [0.25, 0.3) is 12.2 Å². The zero-order chi connectivity index (χ0) is 16.9. The monoisotopic (exact) mass is 340 g/mol. The van der Waals surface area contributed by atoms with Crippen molar-refractivity contribution in [1.82, 2.24) is 15.1 Å². The lowest BCUT2D eigenvalue weighted by molar-refractivity contribution is -0.115. The molecule has 0 aliphatic heterocycles. The Kier molecular flexibility index (Phi) is 4.81. The van der Waals surface area contributed by atoms with Crippen LogP contribution in [0.4, 0.5) is 5.69 Å². The van der Waals surface area contributed by atoms with Crippen LogP contribution in [-0.2, 0) is 11.2 Å². The number of para-hydroxylation sites is 1. The van der Waals surface area contributed by atoms with Crippen LogP contribution in [0.2, 0.25) is 0 Å². The van der Waals surface area contributed by atoms with Gasteiger partial charge in [0.05, 0.1) is 17.6 Å². The summed E-state index contributed by atoms with van der Waals surface area (Å²) < 4.78 is 5.11. The minimum atomic E-state index is -0.178. The molecule has 6 nitrogen and oxygen atoms in total. The number of hydrogen-bond donors (Lipinski definition) is 1. The molecule has 7 heteroatoms. The van der Waals surface area contributed by atoms with E-state index in [4.69, 9.17) is 4.52 Å². The smallest absolute Gasteiger partial charge is 0.250 e. The van der Waals surface area contributed by atoms with E-state index >= 15 is 0 Å². The number of thiazole rings is 1. The highest BCUT2D eigenvalue weighted by Gasteiger charge is 2.12. The summed E-state index contributed by atoms with van der Waals surface area (Å²) in [7, 11) is 0. The van der Waals surface area contributed by atoms with E-state index in [0.717, 1.165) is 22.5 Å². The lowest BCUT2D eigenvalue weighted by atomic mass is 10.1. The number of aromatic nitrogens is 3. The molecule has 0 aliphatic rings. The van der Waals surface area contributed by atoms with E-state index in [0.29, 0.717) is 11.7 Å². The van der Waals surface area contributed by atoms with Gasteiger partial charge in [0.15, 0.2) is 5.82 Å². The Morgan fingerprint density at radius 1 is 1.29 bits per heavy atom. The maximum absolute atomic E-state index is 12.2. The summed E-state index contributed by atoms with van der Waals surface area (Å²) in [5, 5.41) is 8.64. The number of amides is 1. The standard InChI is InChI=1S/C17H16N4O2S/c1-11-4-3-5-12(2)17(11)20-15(22)8-14-19-16(23-21-14)7-6-13-9-24-10-18-13/h3-7,9-10H,8H2,1-2H3,(H,20,22)/b7-6+. The first kappa shape index (κ1) is 16.1. The highest BCUT2D eigenvalue weighted by atomic mass is 32.1. The molecule has 0 bridgehead atoms. The average Bonchev–Trinajstić information content (AvgIpc) is 3.20. The zero-order valence-corrected chi connectivity index (χ0v) is 14.1. The van der Waals surface area contributed by atoms with E-state index in [9.17, 15) is 4.79 Å². The molecule has 0 unspecified atom stereocenters. The molecule has 2 aromatic heterocycles. The lowest BCUT2D eigenvalue weighted by Gasteiger charge is -2.10. The van der Waals surface area contributed by atoms with Gasteiger partial charge in [0, 0.05) is 17.1 Å². The number of nitrogens with one attached hydrogen (secondary N) is 1. The number of carbonyl (C=O) groups excluding carboxylic acids is 1. The Labute approximate surface area is 143 Å². The van der Waals surface area contributed by atoms with Gasteiger partial charge in [-0.3, -0.25) is 4.79 Å². The summed E-state index contributed by atoms with van der Waals surface area (Å²) in [6.45, 7) is 3.91. The number of aryl methyl sites for hydroxylation is 2. The van der Waals surface area contributed by atoms with Crippen molar-refractivity contribution in [3.8, 4) is 0 Å². The van der Waals surface area contributed by atoms with Gasteiger partial charge in [0.1, 0.15) is 0 Å². The van der Waals surface area contributed by atoms with Crippen LogP contribution < -0.4 is 5.32 Å². The summed E-state index contributed by atoms with van der Waals surface area (Å²) in [5.74, 6) is 0.512. The Morgan fingerprint density at radius 3 is 2.79 bits per heavy atom. The van der Waals surface area contributed by atoms with E-state index < -0.39 is 0 Å². The Bertz CT molecular complexity index is 848. The lowest BCUT2D eigenvalue weighted by Crippen LogP contribution is -2.16. The van der Waals surface area contributed by atoms with Gasteiger partial charge < -0.3 is 9.84 Å². The van der Waals surface area contributed by atoms with E-state index in [1.54, 1.807) is 17.7 Å². The highest BCUT2D eigenvalue weighted by molar-refractivity contribution is 7.07. The van der Waals surface area contributed by atoms with Crippen LogP contribution in [0.15, 0.2) is 33.6 Å². The molecule has 2 heterocycles. The van der Waals surface area contributed by atoms with Gasteiger partial charge in [-0.05, 0) is 31.1 Å². The predicted octanol–water partition coefficient (Wildman–Crippen LogP) is 3.49. The fourth-order valence-electron chi connectivity index (χ4n) is 2.21. The molecule has 0 spiro atoms. The van der Waals surface area contributed by atoms with Crippen molar-refractivity contribution in [1.29, 1.82) is 0 Å². The molecule has 0 fully saturated rings. The largest absolute Gasteiger partial charge is 0.335 e. The first-order valence-corrected chi connectivity index (χ1v) is 8.31. The fraction of sp³-hybridized carbons (Fsp3) is 0.176. The van der Waals surface area contributed by atoms with Crippen LogP contribution in [0, 0.1) is 13.8 Å². The van der Waals surface area contributed by atoms with Gasteiger partial charge in [0.2, 0.25) is 5.91 Å². The number of carbonyl (C=O) groups is 1. The van der Waals surface area contributed by atoms with E-state index in [1.165, 1.54) is 11.3 Å². The molecule has 1 amide bonds. The third-order valence-electron chi connectivity index (χ3n) is 3.40. The van der Waals surface area contributed by atoms with E-state index in [2.05, 4.69) is 20.4 Å². The molecule has 0 saturated carbocycles. The Balaban J connectivity index is 1.63. The first-order chi connectivity index (χ1) is 11.6. The van der Waals surface area contributed by atoms with Crippen LogP contribution in [0.3, 0.4) is 0 Å². The van der Waals surface area contributed by atoms with Crippen molar-refractivity contribution in [2.24, 2.45) is 0 Å². The molecule has 0 atom stereocenters. The van der Waals surface area contributed by atoms with Gasteiger partial charge >= 0.3 is 0 Å². The molecule has 122 valence electrons. The summed E-state index contributed by atoms with van der Waals surface area (Å²) in [6.07, 6.45) is 3.52. The molecule has 0 aliphatic carbocycles. The maximum atomic E-state index is 12.2. The number of nitrogens with zero attached hydrogens (tertiary/aromatic N) is 3. The van der Waals surface area contributed by atoms with Crippen molar-refractivity contribution in [2.45, 2.75) is 20.3 Å². The van der Waals surface area contributed by atoms with Gasteiger partial charge in [0.25, 0.3) is 5.89 Å². The van der Waals surface area contributed by atoms with E-state index in [-0.39, 0.29) is 12.3 Å². The van der Waals surface area contributed by atoms with E-state index in [1.807, 2.05) is 37.4 Å². The number of hydrogen-bond acceptors (Lipinski definition) is 6. The number of benzene rings is 1. The summed E-state index contributed by atoms with van der Waals surface area (Å²) in [6, 6.07) is 5.87. The second-order valence-electron chi connectivity index (χ2n) is 5.29. The van der Waals surface area contributed by atoms with Crippen LogP contribution in [-0.4, -0.2) is 21.0 Å². The quantitative estimate of drug-likeness (QED) is 0.769. The van der Waals surface area contributed by atoms with Crippen molar-refractivity contribution in [3.63, 3.8) is 0 Å². The molecular weight excluding hydrogens is 324 g/mol. The average molecular weight is 340 g/mol. The Hall–Kier alpha value is -2.80. The van der Waals surface area contributed by atoms with Crippen molar-refractivity contribution in [2.75, 3.05) is 5.32 Å². The number of anilines is 1. The minimum Gasteiger partial charge on any atom is -0.335 e. The summed E-state index contributed by atoms with van der Waals surface area (Å²) in [5.41, 5.74) is 5.44. The van der Waals surface area contributed by atoms with Crippen molar-refractivity contribution in [3.05, 3.63) is 57.6 Å². The summed E-state index contributed by atoms with van der Waals surface area (Å²) >= 11 is 1.51. The SMILES string of the molecule is Cc1cccc(C)c1NC(=O)Cc1noc(/C=C/c2cscn2)n1. The second kappa shape index (κ2) is 7.18. The molecule has 24 heavy (non-hydrogen) atoms. The molecular formula is C17H16N4O2S. The first-order valence-electron chi connectivity index (χ1n) is 7.37. The van der Waals surface area contributed by atoms with Gasteiger partial charge in [-0.25, -0.2) is 4.98 Å². The normalized spacial score (nSPS) is 11.1. The van der Waals surface area contributed by atoms with Crippen LogP contribution >= 0.6 is 11.3 Å². The highest BCUT2D eigenvalue weighted by Crippen LogP contribution is 2.19. The molecule has 3 rings (SSSR count). The second-order valence-corrected chi connectivity index (χ2v) is 6.01. The Morgan fingerprint density at radius 2 is 2.08 bits per heavy atom. The predicted molar refractivity (Wildman–Crippen MR) is 93.6 cm³/mol. The zero-order valence-electron chi connectivity index (χ0n) is 13.3. The topological polar surface area (TPSA) is 80.9 Å². The minimum absolute atomic E-state index is 0.0574. The fourth-order valence-corrected chi connectivity index (χ4v) is 2.73. The van der Waals surface area contributed by atoms with Crippen LogP contribution in [0.5, 0.6) is 0 Å². The van der Waals surface area contributed by atoms with Crippen molar-refractivity contribution >= 4 is 35.1 Å². The molecule has 1 N–H and O–H groups in total. The van der Waals surface area contributed by atoms with Gasteiger partial charge in [-0.1, -0.05) is 23.4 Å². The van der Waals surface area contributed by atoms with Gasteiger partial charge in [-0.15, -0.1) is 11.3 Å². The molecule has 1 aromatic carbocycles. The van der Waals surface area contributed by atoms with Crippen LogP contribution in [0.1, 0.15) is 28.5 Å². The third-order valence-corrected chi connectivity index (χ3v) is 4.00. The maximum Gasteiger partial charge on any atom is 0.250 e. The molecule has 0 saturated heterocycles. The van der Waals surface area contributed by atoms with Gasteiger partial charge in [-0.2, -0.15) is 4.98 Å². The summed E-state index contributed by atoms with van der Waals surface area (Å²) in [4.78, 5) is 20.5. The van der Waals surface area contributed by atoms with Crippen molar-refractivity contribution < 1.29 is 9.32 Å².